The monoisotopic (exact) mass is 434 g/mol. The Balaban J connectivity index is 1.55. The molecule has 2 aliphatic rings. The number of ether oxygens (including phenoxy) is 1. The highest BCUT2D eigenvalue weighted by Gasteiger charge is 2.37. The van der Waals surface area contributed by atoms with Crippen molar-refractivity contribution in [1.82, 2.24) is 4.98 Å². The maximum absolute atomic E-state index is 13.1. The Kier molecular flexibility index (Phi) is 6.03. The van der Waals surface area contributed by atoms with Crippen molar-refractivity contribution in [1.29, 1.82) is 0 Å². The van der Waals surface area contributed by atoms with Crippen LogP contribution in [0.2, 0.25) is 0 Å². The molecule has 6 nitrogen and oxygen atoms in total. The van der Waals surface area contributed by atoms with Gasteiger partial charge in [0, 0.05) is 24.3 Å². The van der Waals surface area contributed by atoms with Crippen molar-refractivity contribution < 1.29 is 17.9 Å². The molecule has 1 atom stereocenters. The largest absolute Gasteiger partial charge is 0.381 e. The third-order valence-corrected chi connectivity index (χ3v) is 8.76. The van der Waals surface area contributed by atoms with Crippen LogP contribution in [0.15, 0.2) is 35.4 Å². The highest BCUT2D eigenvalue weighted by atomic mass is 32.2. The number of amides is 1. The Morgan fingerprint density at radius 3 is 2.48 bits per heavy atom. The van der Waals surface area contributed by atoms with E-state index in [1.54, 1.807) is 30.5 Å². The molecule has 2 aromatic rings. The van der Waals surface area contributed by atoms with Crippen LogP contribution in [-0.2, 0) is 19.4 Å². The number of nitrogens with one attached hydrogen (secondary N) is 1. The van der Waals surface area contributed by atoms with Crippen LogP contribution >= 0.6 is 11.3 Å². The molecule has 1 N–H and O–H groups in total. The zero-order valence-corrected chi connectivity index (χ0v) is 18.1. The van der Waals surface area contributed by atoms with E-state index in [1.165, 1.54) is 11.3 Å². The number of rotatable bonds is 7. The average molecular weight is 435 g/mol. The number of aromatic nitrogens is 1. The van der Waals surface area contributed by atoms with Gasteiger partial charge in [-0.05, 0) is 62.6 Å². The average Bonchev–Trinajstić information content (AvgIpc) is 3.51. The van der Waals surface area contributed by atoms with Crippen molar-refractivity contribution in [3.63, 3.8) is 0 Å². The summed E-state index contributed by atoms with van der Waals surface area (Å²) in [5.41, 5.74) is 0.844. The fraction of sp³-hybridized carbons (Fsp3) is 0.524. The molecule has 0 radical (unpaired) electrons. The minimum atomic E-state index is -3.23. The van der Waals surface area contributed by atoms with Gasteiger partial charge in [-0.3, -0.25) is 4.79 Å². The number of thiazole rings is 1. The van der Waals surface area contributed by atoms with E-state index >= 15 is 0 Å². The summed E-state index contributed by atoms with van der Waals surface area (Å²) >= 11 is 1.45. The zero-order valence-electron chi connectivity index (χ0n) is 16.5. The number of hydrogen-bond donors (Lipinski definition) is 1. The lowest BCUT2D eigenvalue weighted by molar-refractivity contribution is -0.118. The van der Waals surface area contributed by atoms with Gasteiger partial charge in [0.2, 0.25) is 5.91 Å². The minimum absolute atomic E-state index is 0.0939. The molecule has 0 unspecified atom stereocenters. The van der Waals surface area contributed by atoms with Crippen LogP contribution in [0.1, 0.15) is 48.5 Å². The lowest BCUT2D eigenvalue weighted by Crippen LogP contribution is -2.26. The maximum atomic E-state index is 13.1. The van der Waals surface area contributed by atoms with Gasteiger partial charge in [-0.15, -0.1) is 11.3 Å². The molecule has 0 bridgehead atoms. The molecule has 0 spiro atoms. The van der Waals surface area contributed by atoms with Gasteiger partial charge >= 0.3 is 0 Å². The van der Waals surface area contributed by atoms with E-state index in [0.717, 1.165) is 49.3 Å². The Morgan fingerprint density at radius 2 is 1.90 bits per heavy atom. The standard InChI is InChI=1S/C21H26N2O4S2/c1-14-13-22-21(28-14)23-20(24)19(12-15-8-10-27-11-9-15)16-2-4-17(5-3-16)29(25,26)18-6-7-18/h2-5,13,15,18-19H,6-12H2,1H3,(H,22,23,24)/t19-/m1/s1. The van der Waals surface area contributed by atoms with Crippen LogP contribution in [-0.4, -0.2) is 37.8 Å². The van der Waals surface area contributed by atoms with Gasteiger partial charge < -0.3 is 10.1 Å². The Morgan fingerprint density at radius 1 is 1.21 bits per heavy atom. The van der Waals surface area contributed by atoms with Crippen molar-refractivity contribution in [2.75, 3.05) is 18.5 Å². The quantitative estimate of drug-likeness (QED) is 0.714. The molecule has 2 heterocycles. The fourth-order valence-corrected chi connectivity index (χ4v) is 6.10. The summed E-state index contributed by atoms with van der Waals surface area (Å²) in [5, 5.41) is 3.30. The molecule has 8 heteroatoms. The second-order valence-electron chi connectivity index (χ2n) is 7.92. The van der Waals surface area contributed by atoms with E-state index in [0.29, 0.717) is 22.4 Å². The van der Waals surface area contributed by atoms with Crippen LogP contribution in [0, 0.1) is 12.8 Å². The van der Waals surface area contributed by atoms with Gasteiger partial charge in [-0.2, -0.15) is 0 Å². The number of benzene rings is 1. The molecule has 1 saturated carbocycles. The normalized spacial score (nSPS) is 19.1. The summed E-state index contributed by atoms with van der Waals surface area (Å²) in [5.74, 6) is -0.0315. The van der Waals surface area contributed by atoms with E-state index in [2.05, 4.69) is 10.3 Å². The molecule has 1 saturated heterocycles. The summed E-state index contributed by atoms with van der Waals surface area (Å²) in [6.07, 6.45) is 5.82. The first-order valence-corrected chi connectivity index (χ1v) is 12.4. The summed E-state index contributed by atoms with van der Waals surface area (Å²) in [6.45, 7) is 3.40. The maximum Gasteiger partial charge on any atom is 0.233 e. The molecular formula is C21H26N2O4S2. The second-order valence-corrected chi connectivity index (χ2v) is 11.4. The summed E-state index contributed by atoms with van der Waals surface area (Å²) < 4.78 is 30.4. The number of anilines is 1. The molecule has 1 amide bonds. The molecule has 29 heavy (non-hydrogen) atoms. The third-order valence-electron chi connectivity index (χ3n) is 5.65. The van der Waals surface area contributed by atoms with E-state index in [-0.39, 0.29) is 17.1 Å². The smallest absolute Gasteiger partial charge is 0.233 e. The van der Waals surface area contributed by atoms with Crippen molar-refractivity contribution >= 4 is 32.2 Å². The van der Waals surface area contributed by atoms with Gasteiger partial charge in [0.1, 0.15) is 0 Å². The molecular weight excluding hydrogens is 408 g/mol. The van der Waals surface area contributed by atoms with E-state index in [1.807, 2.05) is 6.92 Å². The van der Waals surface area contributed by atoms with Crippen molar-refractivity contribution in [3.8, 4) is 0 Å². The lowest BCUT2D eigenvalue weighted by Gasteiger charge is -2.26. The third kappa shape index (κ3) is 4.87. The van der Waals surface area contributed by atoms with Gasteiger partial charge in [0.05, 0.1) is 16.1 Å². The van der Waals surface area contributed by atoms with Crippen molar-refractivity contribution in [2.24, 2.45) is 5.92 Å². The topological polar surface area (TPSA) is 85.4 Å². The lowest BCUT2D eigenvalue weighted by atomic mass is 9.84. The van der Waals surface area contributed by atoms with E-state index in [9.17, 15) is 13.2 Å². The van der Waals surface area contributed by atoms with Crippen molar-refractivity contribution in [3.05, 3.63) is 40.9 Å². The second kappa shape index (κ2) is 8.53. The predicted molar refractivity (Wildman–Crippen MR) is 113 cm³/mol. The van der Waals surface area contributed by atoms with Gasteiger partial charge in [-0.1, -0.05) is 12.1 Å². The number of carbonyl (C=O) groups excluding carboxylic acids is 1. The Hall–Kier alpha value is -1.77. The molecule has 4 rings (SSSR count). The fourth-order valence-electron chi connectivity index (χ4n) is 3.78. The van der Waals surface area contributed by atoms with Gasteiger partial charge in [-0.25, -0.2) is 13.4 Å². The molecule has 156 valence electrons. The van der Waals surface area contributed by atoms with Crippen LogP contribution in [0.25, 0.3) is 0 Å². The van der Waals surface area contributed by atoms with E-state index < -0.39 is 9.84 Å². The SMILES string of the molecule is Cc1cnc(NC(=O)[C@H](CC2CCOCC2)c2ccc(S(=O)(=O)C3CC3)cc2)s1. The Labute approximate surface area is 175 Å². The van der Waals surface area contributed by atoms with E-state index in [4.69, 9.17) is 4.74 Å². The first kappa shape index (κ1) is 20.5. The highest BCUT2D eigenvalue weighted by molar-refractivity contribution is 7.92. The molecule has 1 aliphatic carbocycles. The first-order valence-electron chi connectivity index (χ1n) is 10.1. The molecule has 1 aromatic carbocycles. The molecule has 1 aromatic heterocycles. The molecule has 2 fully saturated rings. The van der Waals surface area contributed by atoms with Crippen LogP contribution in [0.3, 0.4) is 0 Å². The first-order chi connectivity index (χ1) is 13.9. The number of nitrogens with zero attached hydrogens (tertiary/aromatic N) is 1. The summed E-state index contributed by atoms with van der Waals surface area (Å²) in [4.78, 5) is 18.7. The number of sulfone groups is 1. The van der Waals surface area contributed by atoms with Gasteiger partial charge in [0.15, 0.2) is 15.0 Å². The zero-order chi connectivity index (χ0) is 20.4. The summed E-state index contributed by atoms with van der Waals surface area (Å²) in [7, 11) is -3.23. The van der Waals surface area contributed by atoms with Gasteiger partial charge in [0.25, 0.3) is 0 Å². The predicted octanol–water partition coefficient (Wildman–Crippen LogP) is 3.93. The Bertz CT molecular complexity index is 959. The minimum Gasteiger partial charge on any atom is -0.381 e. The van der Waals surface area contributed by atoms with Crippen LogP contribution < -0.4 is 5.32 Å². The number of carbonyl (C=O) groups is 1. The summed E-state index contributed by atoms with van der Waals surface area (Å²) in [6, 6.07) is 6.90. The van der Waals surface area contributed by atoms with Crippen molar-refractivity contribution in [2.45, 2.75) is 55.1 Å². The molecule has 1 aliphatic heterocycles. The number of aryl methyl sites for hydroxylation is 1. The highest BCUT2D eigenvalue weighted by Crippen LogP contribution is 2.35. The number of hydrogen-bond acceptors (Lipinski definition) is 6. The van der Waals surface area contributed by atoms with Crippen LogP contribution in [0.4, 0.5) is 5.13 Å². The van der Waals surface area contributed by atoms with Crippen LogP contribution in [0.5, 0.6) is 0 Å².